The number of benzene rings is 1. The molecule has 0 saturated heterocycles. The average molecular weight is 287 g/mol. The first-order valence-electron chi connectivity index (χ1n) is 6.39. The second-order valence-electron chi connectivity index (χ2n) is 4.96. The molecule has 19 heavy (non-hydrogen) atoms. The zero-order chi connectivity index (χ0) is 13.0. The number of nitrogens with two attached hydrogens (primary N) is 1. The van der Waals surface area contributed by atoms with Crippen molar-refractivity contribution in [3.8, 4) is 0 Å². The van der Waals surface area contributed by atoms with Gasteiger partial charge >= 0.3 is 0 Å². The Labute approximate surface area is 119 Å². The largest absolute Gasteiger partial charge is 0.355 e. The number of rotatable bonds is 6. The minimum absolute atomic E-state index is 0. The topological polar surface area (TPSA) is 55.1 Å². The van der Waals surface area contributed by atoms with Gasteiger partial charge in [0.2, 0.25) is 5.91 Å². The predicted octanol–water partition coefficient (Wildman–Crippen LogP) is 2.13. The fraction of sp³-hybridized carbons (Fsp3) is 0.500. The highest BCUT2D eigenvalue weighted by molar-refractivity contribution is 5.85. The maximum atomic E-state index is 12.9. The third-order valence-corrected chi connectivity index (χ3v) is 3.54. The van der Waals surface area contributed by atoms with Gasteiger partial charge < -0.3 is 11.1 Å². The summed E-state index contributed by atoms with van der Waals surface area (Å²) < 4.78 is 12.9. The van der Waals surface area contributed by atoms with Gasteiger partial charge in [-0.1, -0.05) is 12.1 Å². The summed E-state index contributed by atoms with van der Waals surface area (Å²) in [6.45, 7) is 1.18. The van der Waals surface area contributed by atoms with E-state index in [1.807, 2.05) is 12.1 Å². The van der Waals surface area contributed by atoms with E-state index in [0.717, 1.165) is 24.8 Å². The zero-order valence-electron chi connectivity index (χ0n) is 10.8. The Bertz CT molecular complexity index is 418. The molecule has 0 bridgehead atoms. The van der Waals surface area contributed by atoms with Crippen molar-refractivity contribution in [1.82, 2.24) is 5.32 Å². The van der Waals surface area contributed by atoms with Crippen LogP contribution in [-0.4, -0.2) is 19.0 Å². The van der Waals surface area contributed by atoms with Crippen LogP contribution < -0.4 is 11.1 Å². The van der Waals surface area contributed by atoms with Crippen molar-refractivity contribution in [2.45, 2.75) is 31.1 Å². The van der Waals surface area contributed by atoms with Crippen LogP contribution in [-0.2, 0) is 10.2 Å². The summed E-state index contributed by atoms with van der Waals surface area (Å²) in [5, 5.41) is 2.95. The van der Waals surface area contributed by atoms with E-state index in [-0.39, 0.29) is 29.5 Å². The second kappa shape index (κ2) is 6.87. The molecule has 1 aromatic carbocycles. The van der Waals surface area contributed by atoms with Crippen molar-refractivity contribution >= 4 is 18.3 Å². The van der Waals surface area contributed by atoms with Gasteiger partial charge in [-0.3, -0.25) is 4.79 Å². The molecule has 0 spiro atoms. The number of hydrogen-bond acceptors (Lipinski definition) is 2. The quantitative estimate of drug-likeness (QED) is 0.842. The van der Waals surface area contributed by atoms with Crippen LogP contribution in [0.2, 0.25) is 0 Å². The molecule has 3 N–H and O–H groups in total. The minimum atomic E-state index is -0.221. The first-order valence-corrected chi connectivity index (χ1v) is 6.39. The summed E-state index contributed by atoms with van der Waals surface area (Å²) >= 11 is 0. The molecule has 2 rings (SSSR count). The molecule has 1 aliphatic rings. The lowest BCUT2D eigenvalue weighted by Crippen LogP contribution is -2.32. The first kappa shape index (κ1) is 15.9. The fourth-order valence-corrected chi connectivity index (χ4v) is 2.14. The molecule has 1 aromatic rings. The predicted molar refractivity (Wildman–Crippen MR) is 75.9 cm³/mol. The van der Waals surface area contributed by atoms with Gasteiger partial charge in [0.05, 0.1) is 0 Å². The van der Waals surface area contributed by atoms with Crippen molar-refractivity contribution in [3.05, 3.63) is 35.6 Å². The van der Waals surface area contributed by atoms with E-state index in [4.69, 9.17) is 5.73 Å². The number of hydrogen-bond donors (Lipinski definition) is 2. The lowest BCUT2D eigenvalue weighted by Gasteiger charge is -2.16. The van der Waals surface area contributed by atoms with Gasteiger partial charge in [-0.25, -0.2) is 4.39 Å². The van der Waals surface area contributed by atoms with Crippen molar-refractivity contribution in [3.63, 3.8) is 0 Å². The van der Waals surface area contributed by atoms with Crippen LogP contribution in [0.1, 0.15) is 31.2 Å². The normalized spacial score (nSPS) is 15.5. The minimum Gasteiger partial charge on any atom is -0.355 e. The van der Waals surface area contributed by atoms with Crippen molar-refractivity contribution in [2.24, 2.45) is 5.73 Å². The lowest BCUT2D eigenvalue weighted by atomic mass is 9.96. The third-order valence-electron chi connectivity index (χ3n) is 3.54. The number of halogens is 2. The fourth-order valence-electron chi connectivity index (χ4n) is 2.14. The maximum Gasteiger partial charge on any atom is 0.220 e. The molecule has 1 aliphatic carbocycles. The summed E-state index contributed by atoms with van der Waals surface area (Å²) in [6, 6.07) is 6.58. The standard InChI is InChI=1S/C14H19FN2O.ClH/c15-12-5-3-11(4-6-12)14(7-8-14)10-17-13(18)2-1-9-16;/h3-6H,1-2,7-10,16H2,(H,17,18);1H. The van der Waals surface area contributed by atoms with E-state index in [0.29, 0.717) is 19.5 Å². The maximum absolute atomic E-state index is 12.9. The molecule has 0 unspecified atom stereocenters. The van der Waals surface area contributed by atoms with Gasteiger partial charge in [0.25, 0.3) is 0 Å². The summed E-state index contributed by atoms with van der Waals surface area (Å²) in [6.07, 6.45) is 3.30. The first-order chi connectivity index (χ1) is 8.66. The molecular weight excluding hydrogens is 267 g/mol. The molecule has 0 radical (unpaired) electrons. The summed E-state index contributed by atoms with van der Waals surface area (Å²) in [5.74, 6) is -0.171. The monoisotopic (exact) mass is 286 g/mol. The van der Waals surface area contributed by atoms with Crippen LogP contribution >= 0.6 is 12.4 Å². The van der Waals surface area contributed by atoms with Gasteiger partial charge in [-0.05, 0) is 43.5 Å². The SMILES string of the molecule is Cl.NCCCC(=O)NCC1(c2ccc(F)cc2)CC1. The van der Waals surface area contributed by atoms with Crippen molar-refractivity contribution in [1.29, 1.82) is 0 Å². The Balaban J connectivity index is 0.00000180. The van der Waals surface area contributed by atoms with Crippen LogP contribution in [0.25, 0.3) is 0 Å². The van der Waals surface area contributed by atoms with E-state index in [1.54, 1.807) is 0 Å². The number of carbonyl (C=O) groups excluding carboxylic acids is 1. The Hall–Kier alpha value is -1.13. The second-order valence-corrected chi connectivity index (χ2v) is 4.96. The molecule has 0 heterocycles. The highest BCUT2D eigenvalue weighted by Gasteiger charge is 2.44. The molecule has 3 nitrogen and oxygen atoms in total. The average Bonchev–Trinajstić information content (AvgIpc) is 3.16. The van der Waals surface area contributed by atoms with Crippen LogP contribution in [0.3, 0.4) is 0 Å². The molecule has 0 atom stereocenters. The van der Waals surface area contributed by atoms with Crippen LogP contribution in [0.15, 0.2) is 24.3 Å². The van der Waals surface area contributed by atoms with E-state index in [1.165, 1.54) is 12.1 Å². The summed E-state index contributed by atoms with van der Waals surface area (Å²) in [7, 11) is 0. The van der Waals surface area contributed by atoms with Gasteiger partial charge in [-0.2, -0.15) is 0 Å². The highest BCUT2D eigenvalue weighted by Crippen LogP contribution is 2.47. The summed E-state index contributed by atoms with van der Waals surface area (Å²) in [5.41, 5.74) is 6.51. The van der Waals surface area contributed by atoms with Gasteiger partial charge in [0, 0.05) is 18.4 Å². The highest BCUT2D eigenvalue weighted by atomic mass is 35.5. The lowest BCUT2D eigenvalue weighted by molar-refractivity contribution is -0.121. The van der Waals surface area contributed by atoms with Crippen molar-refractivity contribution in [2.75, 3.05) is 13.1 Å². The molecule has 0 aromatic heterocycles. The smallest absolute Gasteiger partial charge is 0.220 e. The molecule has 106 valence electrons. The number of nitrogens with one attached hydrogen (secondary N) is 1. The molecule has 1 fully saturated rings. The van der Waals surface area contributed by atoms with E-state index >= 15 is 0 Å². The molecule has 1 amide bonds. The molecule has 5 heteroatoms. The molecular formula is C14H20ClFN2O. The number of amides is 1. The van der Waals surface area contributed by atoms with E-state index < -0.39 is 0 Å². The van der Waals surface area contributed by atoms with Crippen molar-refractivity contribution < 1.29 is 9.18 Å². The Morgan fingerprint density at radius 2 is 1.95 bits per heavy atom. The van der Waals surface area contributed by atoms with Gasteiger partial charge in [-0.15, -0.1) is 12.4 Å². The van der Waals surface area contributed by atoms with Crippen LogP contribution in [0.5, 0.6) is 0 Å². The third kappa shape index (κ3) is 4.18. The summed E-state index contributed by atoms with van der Waals surface area (Å²) in [4.78, 5) is 11.5. The van der Waals surface area contributed by atoms with Crippen LogP contribution in [0.4, 0.5) is 4.39 Å². The Morgan fingerprint density at radius 3 is 2.47 bits per heavy atom. The van der Waals surface area contributed by atoms with Gasteiger partial charge in [0.15, 0.2) is 0 Å². The van der Waals surface area contributed by atoms with Crippen LogP contribution in [0, 0.1) is 5.82 Å². The Morgan fingerprint density at radius 1 is 1.32 bits per heavy atom. The zero-order valence-corrected chi connectivity index (χ0v) is 11.6. The molecule has 0 aliphatic heterocycles. The van der Waals surface area contributed by atoms with E-state index in [2.05, 4.69) is 5.32 Å². The number of carbonyl (C=O) groups is 1. The molecule has 1 saturated carbocycles. The Kier molecular flexibility index (Phi) is 5.76. The van der Waals surface area contributed by atoms with Gasteiger partial charge in [0.1, 0.15) is 5.82 Å². The van der Waals surface area contributed by atoms with E-state index in [9.17, 15) is 9.18 Å².